The average molecular weight is 417 g/mol. The van der Waals surface area contributed by atoms with Gasteiger partial charge in [-0.1, -0.05) is 24.3 Å². The fraction of sp³-hybridized carbons (Fsp3) is 0.360. The van der Waals surface area contributed by atoms with Gasteiger partial charge in [0.25, 0.3) is 5.91 Å². The Balaban J connectivity index is 1.25. The normalized spacial score (nSPS) is 19.1. The fourth-order valence-electron chi connectivity index (χ4n) is 4.82. The minimum Gasteiger partial charge on any atom is -0.443 e. The van der Waals surface area contributed by atoms with E-state index >= 15 is 0 Å². The van der Waals surface area contributed by atoms with Gasteiger partial charge < -0.3 is 19.6 Å². The molecule has 0 spiro atoms. The molecular weight excluding hydrogens is 388 g/mol. The third-order valence-corrected chi connectivity index (χ3v) is 6.44. The van der Waals surface area contributed by atoms with E-state index in [0.29, 0.717) is 18.3 Å². The second-order valence-corrected chi connectivity index (χ2v) is 8.41. The molecule has 0 saturated heterocycles. The van der Waals surface area contributed by atoms with Crippen molar-refractivity contribution in [1.29, 1.82) is 0 Å². The highest BCUT2D eigenvalue weighted by Crippen LogP contribution is 2.26. The Morgan fingerprint density at radius 3 is 3.00 bits per heavy atom. The van der Waals surface area contributed by atoms with E-state index in [1.165, 1.54) is 12.0 Å². The number of rotatable bonds is 6. The molecule has 31 heavy (non-hydrogen) atoms. The molecule has 1 amide bonds. The molecule has 0 bridgehead atoms. The molecule has 2 aromatic heterocycles. The topological polar surface area (TPSA) is 74.2 Å². The monoisotopic (exact) mass is 416 g/mol. The van der Waals surface area contributed by atoms with Crippen LogP contribution in [0.25, 0.3) is 22.0 Å². The van der Waals surface area contributed by atoms with Crippen molar-refractivity contribution in [3.63, 3.8) is 0 Å². The van der Waals surface area contributed by atoms with Crippen LogP contribution in [-0.4, -0.2) is 39.4 Å². The van der Waals surface area contributed by atoms with Crippen molar-refractivity contribution >= 4 is 27.9 Å². The van der Waals surface area contributed by atoms with Crippen LogP contribution >= 0.6 is 0 Å². The standard InChI is InChI=1S/C25H28N4O2/c1-2-29(25(30)23-13-18-6-3-4-9-21(18)28-23)20-8-5-7-19(14-20)26-15-17-10-11-22-24(12-17)31-16-27-22/h3-4,6,9-13,16,19-20,26,28H,2,5,7-8,14-15H2,1H3/t19-,20+/m1/s1. The number of aromatic amines is 1. The highest BCUT2D eigenvalue weighted by molar-refractivity contribution is 5.98. The molecule has 4 aromatic rings. The lowest BCUT2D eigenvalue weighted by Crippen LogP contribution is -2.46. The highest BCUT2D eigenvalue weighted by Gasteiger charge is 2.29. The van der Waals surface area contributed by atoms with Crippen LogP contribution in [0.5, 0.6) is 0 Å². The third-order valence-electron chi connectivity index (χ3n) is 6.44. The van der Waals surface area contributed by atoms with Gasteiger partial charge in [0.2, 0.25) is 0 Å². The summed E-state index contributed by atoms with van der Waals surface area (Å²) in [6.07, 6.45) is 5.78. The van der Waals surface area contributed by atoms with Crippen molar-refractivity contribution in [3.8, 4) is 0 Å². The van der Waals surface area contributed by atoms with Crippen LogP contribution in [0.4, 0.5) is 0 Å². The van der Waals surface area contributed by atoms with E-state index in [4.69, 9.17) is 4.42 Å². The maximum Gasteiger partial charge on any atom is 0.270 e. The van der Waals surface area contributed by atoms with Gasteiger partial charge in [0.15, 0.2) is 12.0 Å². The molecule has 5 rings (SSSR count). The smallest absolute Gasteiger partial charge is 0.270 e. The number of carbonyl (C=O) groups is 1. The Labute approximate surface area is 181 Å². The third kappa shape index (κ3) is 4.08. The summed E-state index contributed by atoms with van der Waals surface area (Å²) in [7, 11) is 0. The molecule has 0 aliphatic heterocycles. The SMILES string of the molecule is CCN(C(=O)c1cc2ccccc2[nH]1)[C@H]1CCC[C@@H](NCc2ccc3ncoc3c2)C1. The van der Waals surface area contributed by atoms with Crippen LogP contribution in [-0.2, 0) is 6.54 Å². The Bertz CT molecular complexity index is 1160. The first-order valence-corrected chi connectivity index (χ1v) is 11.2. The first-order valence-electron chi connectivity index (χ1n) is 11.2. The molecule has 6 nitrogen and oxygen atoms in total. The largest absolute Gasteiger partial charge is 0.443 e. The zero-order valence-corrected chi connectivity index (χ0v) is 17.8. The zero-order valence-electron chi connectivity index (χ0n) is 17.8. The molecule has 0 radical (unpaired) electrons. The number of nitrogens with zero attached hydrogens (tertiary/aromatic N) is 2. The lowest BCUT2D eigenvalue weighted by molar-refractivity contribution is 0.0623. The van der Waals surface area contributed by atoms with Crippen LogP contribution in [0.1, 0.15) is 48.7 Å². The maximum atomic E-state index is 13.3. The lowest BCUT2D eigenvalue weighted by atomic mass is 9.89. The van der Waals surface area contributed by atoms with Crippen molar-refractivity contribution in [2.75, 3.05) is 6.54 Å². The summed E-state index contributed by atoms with van der Waals surface area (Å²) in [5.41, 5.74) is 4.58. The van der Waals surface area contributed by atoms with Crippen LogP contribution in [0.15, 0.2) is 59.3 Å². The summed E-state index contributed by atoms with van der Waals surface area (Å²) < 4.78 is 5.42. The molecule has 2 heterocycles. The van der Waals surface area contributed by atoms with E-state index < -0.39 is 0 Å². The number of benzene rings is 2. The zero-order chi connectivity index (χ0) is 21.2. The molecule has 0 unspecified atom stereocenters. The van der Waals surface area contributed by atoms with Gasteiger partial charge in [-0.2, -0.15) is 0 Å². The van der Waals surface area contributed by atoms with Crippen LogP contribution in [0, 0.1) is 0 Å². The predicted molar refractivity (Wildman–Crippen MR) is 122 cm³/mol. The van der Waals surface area contributed by atoms with Crippen molar-refractivity contribution in [2.24, 2.45) is 0 Å². The number of fused-ring (bicyclic) bond motifs is 2. The molecule has 2 aromatic carbocycles. The van der Waals surface area contributed by atoms with Crippen molar-refractivity contribution in [1.82, 2.24) is 20.2 Å². The van der Waals surface area contributed by atoms with Gasteiger partial charge >= 0.3 is 0 Å². The number of hydrogen-bond acceptors (Lipinski definition) is 4. The quantitative estimate of drug-likeness (QED) is 0.470. The molecule has 2 atom stereocenters. The van der Waals surface area contributed by atoms with E-state index in [1.807, 2.05) is 47.4 Å². The molecule has 1 aliphatic rings. The number of H-pyrrole nitrogens is 1. The number of para-hydroxylation sites is 1. The Morgan fingerprint density at radius 1 is 1.23 bits per heavy atom. The van der Waals surface area contributed by atoms with Crippen molar-refractivity contribution in [2.45, 2.75) is 51.2 Å². The van der Waals surface area contributed by atoms with E-state index in [1.54, 1.807) is 0 Å². The first-order chi connectivity index (χ1) is 15.2. The van der Waals surface area contributed by atoms with Gasteiger partial charge in [-0.25, -0.2) is 4.98 Å². The fourth-order valence-corrected chi connectivity index (χ4v) is 4.82. The molecule has 1 saturated carbocycles. The van der Waals surface area contributed by atoms with Gasteiger partial charge in [0, 0.05) is 36.1 Å². The minimum absolute atomic E-state index is 0.0973. The first kappa shape index (κ1) is 19.8. The van der Waals surface area contributed by atoms with E-state index in [2.05, 4.69) is 28.3 Å². The Kier molecular flexibility index (Phi) is 5.47. The van der Waals surface area contributed by atoms with Crippen LogP contribution in [0.3, 0.4) is 0 Å². The molecule has 2 N–H and O–H groups in total. The average Bonchev–Trinajstić information content (AvgIpc) is 3.45. The van der Waals surface area contributed by atoms with E-state index in [9.17, 15) is 4.79 Å². The predicted octanol–water partition coefficient (Wildman–Crippen LogP) is 4.87. The maximum absolute atomic E-state index is 13.3. The highest BCUT2D eigenvalue weighted by atomic mass is 16.3. The van der Waals surface area contributed by atoms with E-state index in [0.717, 1.165) is 54.2 Å². The lowest BCUT2D eigenvalue weighted by Gasteiger charge is -2.37. The second kappa shape index (κ2) is 8.55. The Hall–Kier alpha value is -3.12. The summed E-state index contributed by atoms with van der Waals surface area (Å²) >= 11 is 0. The number of amides is 1. The van der Waals surface area contributed by atoms with Gasteiger partial charge in [-0.3, -0.25) is 4.79 Å². The number of oxazole rings is 1. The number of hydrogen-bond donors (Lipinski definition) is 2. The number of carbonyl (C=O) groups excluding carboxylic acids is 1. The van der Waals surface area contributed by atoms with Gasteiger partial charge in [0.05, 0.1) is 0 Å². The van der Waals surface area contributed by atoms with Crippen molar-refractivity contribution < 1.29 is 9.21 Å². The Morgan fingerprint density at radius 2 is 2.13 bits per heavy atom. The molecule has 6 heteroatoms. The number of nitrogens with one attached hydrogen (secondary N) is 2. The summed E-state index contributed by atoms with van der Waals surface area (Å²) in [4.78, 5) is 22.8. The second-order valence-electron chi connectivity index (χ2n) is 8.41. The van der Waals surface area contributed by atoms with Gasteiger partial charge in [0.1, 0.15) is 11.2 Å². The summed E-state index contributed by atoms with van der Waals surface area (Å²) in [6.45, 7) is 3.58. The summed E-state index contributed by atoms with van der Waals surface area (Å²) in [5, 5.41) is 4.77. The van der Waals surface area contributed by atoms with Gasteiger partial charge in [-0.15, -0.1) is 0 Å². The summed E-state index contributed by atoms with van der Waals surface area (Å²) in [6, 6.07) is 16.8. The van der Waals surface area contributed by atoms with Crippen molar-refractivity contribution in [3.05, 3.63) is 66.2 Å². The van der Waals surface area contributed by atoms with Gasteiger partial charge in [-0.05, 0) is 62.4 Å². The van der Waals surface area contributed by atoms with Crippen LogP contribution in [0.2, 0.25) is 0 Å². The molecule has 1 aliphatic carbocycles. The van der Waals surface area contributed by atoms with E-state index in [-0.39, 0.29) is 11.9 Å². The molecular formula is C25H28N4O2. The van der Waals surface area contributed by atoms with Crippen LogP contribution < -0.4 is 5.32 Å². The minimum atomic E-state index is 0.0973. The molecule has 160 valence electrons. The molecule has 1 fully saturated rings. The summed E-state index contributed by atoms with van der Waals surface area (Å²) in [5.74, 6) is 0.0973. The number of aromatic nitrogens is 2.